The molecule has 5 aromatic rings. The molecule has 9 rings (SSSR count). The Bertz CT molecular complexity index is 1870. The lowest BCUT2D eigenvalue weighted by Gasteiger charge is -2.52. The first-order valence-electron chi connectivity index (χ1n) is 15.3. The van der Waals surface area contributed by atoms with Gasteiger partial charge in [-0.2, -0.15) is 0 Å². The topological polar surface area (TPSA) is 6.48 Å². The van der Waals surface area contributed by atoms with Gasteiger partial charge < -0.3 is 9.80 Å². The molecule has 0 saturated heterocycles. The van der Waals surface area contributed by atoms with E-state index < -0.39 is 16.1 Å². The van der Waals surface area contributed by atoms with Gasteiger partial charge >= 0.3 is 0 Å². The molecule has 202 valence electrons. The molecule has 0 bridgehead atoms. The smallest absolute Gasteiger partial charge is 0.246 e. The maximum atomic E-state index is 2.61. The fourth-order valence-electron chi connectivity index (χ4n) is 9.46. The van der Waals surface area contributed by atoms with Crippen molar-refractivity contribution in [2.45, 2.75) is 26.2 Å². The standard InChI is InChI=1S/C36H34B2N2Si2/c1-39-27-19-11-7-15-23(27)37-25-17-9-14-22-30(25)42(5,6)36-31(37)33(39)35-32-34(36)40(2)28-20-12-8-16-24(28)38(32)26-18-10-13-21-29(26)41(35,3)4/h7-22H,1-6H3. The quantitative estimate of drug-likeness (QED) is 0.257. The molecular formula is C36H34B2N2Si2. The SMILES string of the molecule is CN1c2ccccc2B2c3ccccc3[Si](C)(C)c3c2c1c1c2c3N(C)c3ccccc3B2c2ccccc2[Si]1(C)C. The average Bonchev–Trinajstić information content (AvgIpc) is 3.00. The largest absolute Gasteiger partial charge is 0.346 e. The molecule has 2 nitrogen and oxygen atoms in total. The highest BCUT2D eigenvalue weighted by molar-refractivity contribution is 7.20. The molecule has 0 unspecified atom stereocenters. The summed E-state index contributed by atoms with van der Waals surface area (Å²) in [5.74, 6) is 0. The molecule has 4 aliphatic rings. The molecule has 0 radical (unpaired) electrons. The summed E-state index contributed by atoms with van der Waals surface area (Å²) in [6, 6.07) is 37.3. The van der Waals surface area contributed by atoms with Gasteiger partial charge in [0.25, 0.3) is 0 Å². The summed E-state index contributed by atoms with van der Waals surface area (Å²) in [6.07, 6.45) is 0. The summed E-state index contributed by atoms with van der Waals surface area (Å²) in [5, 5.41) is 6.51. The summed E-state index contributed by atoms with van der Waals surface area (Å²) in [5.41, 5.74) is 14.9. The zero-order valence-electron chi connectivity index (χ0n) is 25.3. The van der Waals surface area contributed by atoms with Crippen LogP contribution in [0.15, 0.2) is 97.1 Å². The molecule has 0 aromatic heterocycles. The van der Waals surface area contributed by atoms with Crippen molar-refractivity contribution in [3.8, 4) is 0 Å². The van der Waals surface area contributed by atoms with Gasteiger partial charge in [0.2, 0.25) is 13.4 Å². The van der Waals surface area contributed by atoms with Crippen LogP contribution >= 0.6 is 0 Å². The lowest BCUT2D eigenvalue weighted by molar-refractivity contribution is 1.21. The van der Waals surface area contributed by atoms with Crippen LogP contribution < -0.4 is 63.3 Å². The van der Waals surface area contributed by atoms with Crippen LogP contribution in [-0.4, -0.2) is 43.7 Å². The van der Waals surface area contributed by atoms with E-state index in [4.69, 9.17) is 0 Å². The van der Waals surface area contributed by atoms with Crippen molar-refractivity contribution >= 4 is 106 Å². The third-order valence-corrected chi connectivity index (χ3v) is 18.2. The van der Waals surface area contributed by atoms with Gasteiger partial charge in [0, 0.05) is 36.8 Å². The molecule has 42 heavy (non-hydrogen) atoms. The van der Waals surface area contributed by atoms with Crippen LogP contribution in [0.25, 0.3) is 0 Å². The highest BCUT2D eigenvalue weighted by atomic mass is 28.3. The molecule has 4 heterocycles. The molecule has 0 fully saturated rings. The monoisotopic (exact) mass is 572 g/mol. The lowest BCUT2D eigenvalue weighted by Crippen LogP contribution is -2.85. The molecule has 6 heteroatoms. The van der Waals surface area contributed by atoms with Gasteiger partial charge in [-0.15, -0.1) is 0 Å². The van der Waals surface area contributed by atoms with Crippen molar-refractivity contribution in [3.05, 3.63) is 97.1 Å². The normalized spacial score (nSPS) is 17.5. The van der Waals surface area contributed by atoms with E-state index in [9.17, 15) is 0 Å². The van der Waals surface area contributed by atoms with Gasteiger partial charge in [0.05, 0.1) is 0 Å². The van der Waals surface area contributed by atoms with Gasteiger partial charge in [-0.05, 0) is 44.4 Å². The first-order valence-corrected chi connectivity index (χ1v) is 21.3. The van der Waals surface area contributed by atoms with Crippen LogP contribution in [-0.2, 0) is 0 Å². The van der Waals surface area contributed by atoms with Gasteiger partial charge in [-0.3, -0.25) is 0 Å². The average molecular weight is 572 g/mol. The van der Waals surface area contributed by atoms with Crippen molar-refractivity contribution in [2.75, 3.05) is 23.9 Å². The number of benzene rings is 5. The number of hydrogen-bond donors (Lipinski definition) is 0. The first kappa shape index (κ1) is 24.8. The van der Waals surface area contributed by atoms with E-state index in [0.29, 0.717) is 0 Å². The Morgan fingerprint density at radius 1 is 0.452 bits per heavy atom. The second kappa shape index (κ2) is 8.00. The first-order chi connectivity index (χ1) is 20.2. The van der Waals surface area contributed by atoms with E-state index in [0.717, 1.165) is 0 Å². The van der Waals surface area contributed by atoms with Crippen molar-refractivity contribution in [2.24, 2.45) is 0 Å². The molecule has 0 spiro atoms. The fraction of sp³-hybridized carbons (Fsp3) is 0.167. The Kier molecular flexibility index (Phi) is 4.73. The number of fused-ring (bicyclic) bond motifs is 10. The number of rotatable bonds is 0. The number of anilines is 4. The molecule has 4 aliphatic heterocycles. The Morgan fingerprint density at radius 2 is 0.786 bits per heavy atom. The number of para-hydroxylation sites is 2. The maximum Gasteiger partial charge on any atom is 0.246 e. The van der Waals surface area contributed by atoms with E-state index in [-0.39, 0.29) is 13.4 Å². The number of hydrogen-bond acceptors (Lipinski definition) is 2. The summed E-state index contributed by atoms with van der Waals surface area (Å²) in [6.45, 7) is 11.0. The Labute approximate surface area is 252 Å². The fourth-order valence-corrected chi connectivity index (χ4v) is 16.6. The van der Waals surface area contributed by atoms with Crippen LogP contribution in [0.4, 0.5) is 22.7 Å². The summed E-state index contributed by atoms with van der Waals surface area (Å²) >= 11 is 0. The minimum Gasteiger partial charge on any atom is -0.346 e. The van der Waals surface area contributed by atoms with Crippen LogP contribution in [0, 0.1) is 0 Å². The molecule has 0 N–H and O–H groups in total. The zero-order valence-corrected chi connectivity index (χ0v) is 27.3. The van der Waals surface area contributed by atoms with Gasteiger partial charge in [0.15, 0.2) is 0 Å². The number of nitrogens with zero attached hydrogens (tertiary/aromatic N) is 2. The zero-order chi connectivity index (χ0) is 28.7. The van der Waals surface area contributed by atoms with E-state index in [2.05, 4.69) is 147 Å². The minimum atomic E-state index is -2.11. The van der Waals surface area contributed by atoms with E-state index >= 15 is 0 Å². The molecular weight excluding hydrogens is 538 g/mol. The molecule has 0 amide bonds. The second-order valence-corrected chi connectivity index (χ2v) is 22.4. The lowest BCUT2D eigenvalue weighted by atomic mass is 9.32. The van der Waals surface area contributed by atoms with Crippen molar-refractivity contribution in [1.82, 2.24) is 0 Å². The summed E-state index contributed by atoms with van der Waals surface area (Å²) in [7, 11) is 0.475. The van der Waals surface area contributed by atoms with Gasteiger partial charge in [-0.25, -0.2) is 0 Å². The van der Waals surface area contributed by atoms with E-state index in [1.807, 2.05) is 0 Å². The predicted octanol–water partition coefficient (Wildman–Crippen LogP) is 1.15. The summed E-state index contributed by atoms with van der Waals surface area (Å²) in [4.78, 5) is 5.19. The molecule has 0 saturated carbocycles. The van der Waals surface area contributed by atoms with Gasteiger partial charge in [-0.1, -0.05) is 132 Å². The molecule has 0 atom stereocenters. The molecule has 5 aromatic carbocycles. The van der Waals surface area contributed by atoms with Crippen molar-refractivity contribution < 1.29 is 0 Å². The highest BCUT2D eigenvalue weighted by Gasteiger charge is 2.55. The van der Waals surface area contributed by atoms with Crippen LogP contribution in [0.1, 0.15) is 0 Å². The van der Waals surface area contributed by atoms with E-state index in [1.165, 1.54) is 44.6 Å². The maximum absolute atomic E-state index is 2.61. The van der Waals surface area contributed by atoms with Gasteiger partial charge in [0.1, 0.15) is 16.1 Å². The third kappa shape index (κ3) is 2.74. The Hall–Kier alpha value is -3.74. The molecule has 0 aliphatic carbocycles. The van der Waals surface area contributed by atoms with Crippen LogP contribution in [0.5, 0.6) is 0 Å². The van der Waals surface area contributed by atoms with Crippen molar-refractivity contribution in [3.63, 3.8) is 0 Å². The summed E-state index contributed by atoms with van der Waals surface area (Å²) < 4.78 is 0. The Balaban J connectivity index is 1.54. The third-order valence-electron chi connectivity index (χ3n) is 11.1. The second-order valence-electron chi connectivity index (χ2n) is 13.8. The predicted molar refractivity (Wildman–Crippen MR) is 191 cm³/mol. The highest BCUT2D eigenvalue weighted by Crippen LogP contribution is 2.35. The minimum absolute atomic E-state index is 0.256. The van der Waals surface area contributed by atoms with Crippen molar-refractivity contribution in [1.29, 1.82) is 0 Å². The van der Waals surface area contributed by atoms with Crippen LogP contribution in [0.3, 0.4) is 0 Å². The van der Waals surface area contributed by atoms with Crippen LogP contribution in [0.2, 0.25) is 26.2 Å². The van der Waals surface area contributed by atoms with E-state index in [1.54, 1.807) is 31.7 Å². The Morgan fingerprint density at radius 3 is 1.19 bits per heavy atom.